The monoisotopic (exact) mass is 291 g/mol. The van der Waals surface area contributed by atoms with Crippen LogP contribution in [0.2, 0.25) is 0 Å². The smallest absolute Gasteiger partial charge is 0.123 e. The molecule has 108 valence electrons. The molecule has 3 heteroatoms. The summed E-state index contributed by atoms with van der Waals surface area (Å²) >= 11 is 1.80. The summed E-state index contributed by atoms with van der Waals surface area (Å²) in [6, 6.07) is 11.4. The Balaban J connectivity index is 2.02. The minimum atomic E-state index is -0.178. The van der Waals surface area contributed by atoms with E-state index in [1.807, 2.05) is 12.1 Å². The molecule has 20 heavy (non-hydrogen) atoms. The molecule has 1 unspecified atom stereocenters. The lowest BCUT2D eigenvalue weighted by atomic mass is 9.90. The molecule has 1 atom stereocenters. The molecule has 1 aromatic carbocycles. The molecule has 1 aromatic heterocycles. The van der Waals surface area contributed by atoms with Gasteiger partial charge in [0.15, 0.2) is 0 Å². The number of thiophene rings is 1. The zero-order valence-electron chi connectivity index (χ0n) is 12.3. The van der Waals surface area contributed by atoms with Crippen LogP contribution in [0.15, 0.2) is 41.8 Å². The minimum absolute atomic E-state index is 0.113. The van der Waals surface area contributed by atoms with Gasteiger partial charge < -0.3 is 5.32 Å². The summed E-state index contributed by atoms with van der Waals surface area (Å²) in [4.78, 5) is 1.39. The zero-order chi connectivity index (χ0) is 14.6. The lowest BCUT2D eigenvalue weighted by Crippen LogP contribution is -2.34. The van der Waals surface area contributed by atoms with Crippen molar-refractivity contribution in [2.45, 2.75) is 38.6 Å². The van der Waals surface area contributed by atoms with E-state index in [1.165, 1.54) is 17.0 Å². The zero-order valence-corrected chi connectivity index (χ0v) is 13.1. The maximum Gasteiger partial charge on any atom is 0.123 e. The Kier molecular flexibility index (Phi) is 4.95. The molecule has 1 N–H and O–H groups in total. The Morgan fingerprint density at radius 2 is 1.90 bits per heavy atom. The molecular weight excluding hydrogens is 269 g/mol. The SMILES string of the molecule is CCC(NCC(C)(C)c1cccs1)c1ccc(F)cc1. The van der Waals surface area contributed by atoms with Crippen LogP contribution in [0.4, 0.5) is 4.39 Å². The third kappa shape index (κ3) is 3.68. The van der Waals surface area contributed by atoms with E-state index in [0.717, 1.165) is 18.5 Å². The molecule has 0 aliphatic heterocycles. The fourth-order valence-electron chi connectivity index (χ4n) is 2.32. The maximum atomic E-state index is 13.0. The number of halogens is 1. The number of benzene rings is 1. The molecular formula is C17H22FNS. The van der Waals surface area contributed by atoms with Gasteiger partial charge in [-0.15, -0.1) is 11.3 Å². The van der Waals surface area contributed by atoms with Crippen LogP contribution in [0.3, 0.4) is 0 Å². The molecule has 0 saturated heterocycles. The molecule has 0 radical (unpaired) electrons. The van der Waals surface area contributed by atoms with E-state index < -0.39 is 0 Å². The fourth-order valence-corrected chi connectivity index (χ4v) is 3.17. The third-order valence-corrected chi connectivity index (χ3v) is 4.90. The van der Waals surface area contributed by atoms with E-state index in [9.17, 15) is 4.39 Å². The molecule has 1 nitrogen and oxygen atoms in total. The van der Waals surface area contributed by atoms with Crippen LogP contribution in [0.5, 0.6) is 0 Å². The van der Waals surface area contributed by atoms with Gasteiger partial charge in [-0.2, -0.15) is 0 Å². The van der Waals surface area contributed by atoms with Gasteiger partial charge in [0.25, 0.3) is 0 Å². The first-order valence-corrected chi connectivity index (χ1v) is 7.93. The van der Waals surface area contributed by atoms with Gasteiger partial charge in [0, 0.05) is 22.9 Å². The fraction of sp³-hybridized carbons (Fsp3) is 0.412. The highest BCUT2D eigenvalue weighted by Gasteiger charge is 2.23. The van der Waals surface area contributed by atoms with Gasteiger partial charge in [-0.05, 0) is 35.6 Å². The van der Waals surface area contributed by atoms with Crippen molar-refractivity contribution in [3.05, 3.63) is 58.0 Å². The molecule has 0 saturated carbocycles. The van der Waals surface area contributed by atoms with Gasteiger partial charge in [0.05, 0.1) is 0 Å². The summed E-state index contributed by atoms with van der Waals surface area (Å²) < 4.78 is 13.0. The van der Waals surface area contributed by atoms with Gasteiger partial charge in [0.1, 0.15) is 5.82 Å². The quantitative estimate of drug-likeness (QED) is 0.797. The Bertz CT molecular complexity index is 516. The highest BCUT2D eigenvalue weighted by molar-refractivity contribution is 7.10. The topological polar surface area (TPSA) is 12.0 Å². The van der Waals surface area contributed by atoms with Gasteiger partial charge >= 0.3 is 0 Å². The van der Waals surface area contributed by atoms with Crippen molar-refractivity contribution >= 4 is 11.3 Å². The van der Waals surface area contributed by atoms with E-state index in [4.69, 9.17) is 0 Å². The van der Waals surface area contributed by atoms with Crippen molar-refractivity contribution in [1.82, 2.24) is 5.32 Å². The molecule has 0 bridgehead atoms. The Labute approximate surface area is 124 Å². The molecule has 0 aliphatic carbocycles. The largest absolute Gasteiger partial charge is 0.309 e. The van der Waals surface area contributed by atoms with Crippen molar-refractivity contribution in [1.29, 1.82) is 0 Å². The van der Waals surface area contributed by atoms with Gasteiger partial charge in [0.2, 0.25) is 0 Å². The maximum absolute atomic E-state index is 13.0. The van der Waals surface area contributed by atoms with Gasteiger partial charge in [-0.25, -0.2) is 4.39 Å². The predicted octanol–water partition coefficient (Wildman–Crippen LogP) is 4.91. The first-order valence-electron chi connectivity index (χ1n) is 7.06. The standard InChI is InChI=1S/C17H22FNS/c1-4-15(13-7-9-14(18)10-8-13)19-12-17(2,3)16-6-5-11-20-16/h5-11,15,19H,4,12H2,1-3H3. The van der Waals surface area contributed by atoms with E-state index in [2.05, 4.69) is 43.6 Å². The predicted molar refractivity (Wildman–Crippen MR) is 84.8 cm³/mol. The van der Waals surface area contributed by atoms with Crippen molar-refractivity contribution in [2.75, 3.05) is 6.54 Å². The highest BCUT2D eigenvalue weighted by Crippen LogP contribution is 2.28. The summed E-state index contributed by atoms with van der Waals surface area (Å²) in [5.41, 5.74) is 1.26. The van der Waals surface area contributed by atoms with Crippen molar-refractivity contribution in [3.63, 3.8) is 0 Å². The summed E-state index contributed by atoms with van der Waals surface area (Å²) in [5, 5.41) is 5.74. The number of nitrogens with one attached hydrogen (secondary N) is 1. The van der Waals surface area contributed by atoms with Gasteiger partial charge in [-0.1, -0.05) is 39.0 Å². The van der Waals surface area contributed by atoms with Crippen LogP contribution in [0.1, 0.15) is 43.7 Å². The van der Waals surface area contributed by atoms with Crippen LogP contribution in [0, 0.1) is 5.82 Å². The Hall–Kier alpha value is -1.19. The second kappa shape index (κ2) is 6.51. The highest BCUT2D eigenvalue weighted by atomic mass is 32.1. The van der Waals surface area contributed by atoms with E-state index in [-0.39, 0.29) is 17.3 Å². The van der Waals surface area contributed by atoms with Crippen molar-refractivity contribution in [2.24, 2.45) is 0 Å². The summed E-state index contributed by atoms with van der Waals surface area (Å²) in [7, 11) is 0. The first-order chi connectivity index (χ1) is 9.53. The Morgan fingerprint density at radius 3 is 2.45 bits per heavy atom. The van der Waals surface area contributed by atoms with E-state index in [1.54, 1.807) is 11.3 Å². The minimum Gasteiger partial charge on any atom is -0.309 e. The van der Waals surface area contributed by atoms with Crippen LogP contribution < -0.4 is 5.32 Å². The molecule has 0 aliphatic rings. The molecule has 0 spiro atoms. The van der Waals surface area contributed by atoms with E-state index in [0.29, 0.717) is 0 Å². The lowest BCUT2D eigenvalue weighted by molar-refractivity contribution is 0.421. The first kappa shape index (κ1) is 15.2. The molecule has 0 amide bonds. The average molecular weight is 291 g/mol. The number of rotatable bonds is 6. The van der Waals surface area contributed by atoms with Crippen LogP contribution in [-0.4, -0.2) is 6.54 Å². The molecule has 1 heterocycles. The third-order valence-electron chi connectivity index (χ3n) is 3.66. The lowest BCUT2D eigenvalue weighted by Gasteiger charge is -2.27. The second-order valence-electron chi connectivity index (χ2n) is 5.75. The van der Waals surface area contributed by atoms with E-state index >= 15 is 0 Å². The Morgan fingerprint density at radius 1 is 1.20 bits per heavy atom. The number of hydrogen-bond acceptors (Lipinski definition) is 2. The average Bonchev–Trinajstić information content (AvgIpc) is 2.96. The van der Waals surface area contributed by atoms with Crippen LogP contribution in [0.25, 0.3) is 0 Å². The van der Waals surface area contributed by atoms with Crippen molar-refractivity contribution < 1.29 is 4.39 Å². The number of hydrogen-bond donors (Lipinski definition) is 1. The van der Waals surface area contributed by atoms with Gasteiger partial charge in [-0.3, -0.25) is 0 Å². The summed E-state index contributed by atoms with van der Waals surface area (Å²) in [5.74, 6) is -0.178. The molecule has 2 aromatic rings. The molecule has 2 rings (SSSR count). The normalized spacial score (nSPS) is 13.4. The van der Waals surface area contributed by atoms with Crippen LogP contribution in [-0.2, 0) is 5.41 Å². The summed E-state index contributed by atoms with van der Waals surface area (Å²) in [6.45, 7) is 7.56. The molecule has 0 fully saturated rings. The summed E-state index contributed by atoms with van der Waals surface area (Å²) in [6.07, 6.45) is 0.992. The second-order valence-corrected chi connectivity index (χ2v) is 6.70. The van der Waals surface area contributed by atoms with Crippen LogP contribution >= 0.6 is 11.3 Å². The van der Waals surface area contributed by atoms with Crippen molar-refractivity contribution in [3.8, 4) is 0 Å².